The molecule has 0 bridgehead atoms. The quantitative estimate of drug-likeness (QED) is 0.543. The number of amides is 2. The van der Waals surface area contributed by atoms with Crippen molar-refractivity contribution in [3.63, 3.8) is 0 Å². The Bertz CT molecular complexity index is 1160. The molecule has 0 saturated carbocycles. The summed E-state index contributed by atoms with van der Waals surface area (Å²) < 4.78 is 13.1. The maximum absolute atomic E-state index is 13.4. The fourth-order valence-corrected chi connectivity index (χ4v) is 4.03. The van der Waals surface area contributed by atoms with Gasteiger partial charge in [0.2, 0.25) is 5.91 Å². The van der Waals surface area contributed by atoms with Crippen molar-refractivity contribution >= 4 is 52.1 Å². The van der Waals surface area contributed by atoms with Crippen LogP contribution in [0.25, 0.3) is 0 Å². The minimum Gasteiger partial charge on any atom is -0.330 e. The van der Waals surface area contributed by atoms with Crippen LogP contribution in [0.5, 0.6) is 0 Å². The summed E-state index contributed by atoms with van der Waals surface area (Å²) in [4.78, 5) is 33.5. The number of hydrogen-bond donors (Lipinski definition) is 1. The van der Waals surface area contributed by atoms with Crippen LogP contribution < -0.4 is 10.2 Å². The molecule has 1 aromatic heterocycles. The molecule has 2 heterocycles. The van der Waals surface area contributed by atoms with E-state index in [2.05, 4.69) is 10.3 Å². The standard InChI is InChI=1S/C23H18ClFN4O2S/c24-15-4-3-6-19(12-15)29-22(31)20(13-21(30)27-17-9-7-16(25)8-10-17)28(23(29)32)14-18-5-1-2-11-26-18/h1-12,20H,13-14H2,(H,27,30)/t20-/m0/s1. The molecule has 32 heavy (non-hydrogen) atoms. The molecule has 1 atom stereocenters. The van der Waals surface area contributed by atoms with Gasteiger partial charge in [-0.2, -0.15) is 0 Å². The summed E-state index contributed by atoms with van der Waals surface area (Å²) in [5, 5.41) is 3.43. The molecule has 3 aromatic rings. The predicted octanol–water partition coefficient (Wildman–Crippen LogP) is 4.41. The average Bonchev–Trinajstić information content (AvgIpc) is 3.00. The van der Waals surface area contributed by atoms with E-state index in [0.717, 1.165) is 0 Å². The van der Waals surface area contributed by atoms with E-state index in [-0.39, 0.29) is 24.0 Å². The van der Waals surface area contributed by atoms with Gasteiger partial charge in [0.05, 0.1) is 24.3 Å². The Morgan fingerprint density at radius 2 is 1.91 bits per heavy atom. The van der Waals surface area contributed by atoms with Gasteiger partial charge in [0.25, 0.3) is 5.91 Å². The lowest BCUT2D eigenvalue weighted by Crippen LogP contribution is -2.37. The van der Waals surface area contributed by atoms with Crippen molar-refractivity contribution in [2.45, 2.75) is 19.0 Å². The molecule has 0 radical (unpaired) electrons. The number of anilines is 2. The number of carbonyl (C=O) groups excluding carboxylic acids is 2. The second-order valence-corrected chi connectivity index (χ2v) is 7.96. The fraction of sp³-hybridized carbons (Fsp3) is 0.130. The Kier molecular flexibility index (Phi) is 6.43. The zero-order chi connectivity index (χ0) is 22.7. The van der Waals surface area contributed by atoms with Crippen molar-refractivity contribution in [3.8, 4) is 0 Å². The minimum atomic E-state index is -0.830. The van der Waals surface area contributed by atoms with Gasteiger partial charge in [-0.1, -0.05) is 23.7 Å². The molecule has 0 unspecified atom stereocenters. The maximum atomic E-state index is 13.4. The largest absolute Gasteiger partial charge is 0.330 e. The highest BCUT2D eigenvalue weighted by Crippen LogP contribution is 2.30. The van der Waals surface area contributed by atoms with Crippen molar-refractivity contribution in [1.82, 2.24) is 9.88 Å². The molecule has 4 rings (SSSR count). The summed E-state index contributed by atoms with van der Waals surface area (Å²) in [5.41, 5.74) is 1.67. The lowest BCUT2D eigenvalue weighted by Gasteiger charge is -2.23. The van der Waals surface area contributed by atoms with Crippen LogP contribution in [0.1, 0.15) is 12.1 Å². The van der Waals surface area contributed by atoms with E-state index in [1.54, 1.807) is 41.4 Å². The smallest absolute Gasteiger partial charge is 0.256 e. The first-order valence-corrected chi connectivity index (χ1v) is 10.6. The van der Waals surface area contributed by atoms with Crippen molar-refractivity contribution in [2.75, 3.05) is 10.2 Å². The van der Waals surface area contributed by atoms with E-state index >= 15 is 0 Å². The second kappa shape index (κ2) is 9.42. The summed E-state index contributed by atoms with van der Waals surface area (Å²) in [6.45, 7) is 0.261. The SMILES string of the molecule is O=C(C[C@H]1C(=O)N(c2cccc(Cl)c2)C(=S)N1Cc1ccccn1)Nc1ccc(F)cc1. The van der Waals surface area contributed by atoms with Crippen molar-refractivity contribution in [3.05, 3.63) is 89.5 Å². The number of carbonyl (C=O) groups is 2. The highest BCUT2D eigenvalue weighted by atomic mass is 35.5. The zero-order valence-electron chi connectivity index (χ0n) is 16.7. The molecular formula is C23H18ClFN4O2S. The number of benzene rings is 2. The van der Waals surface area contributed by atoms with Crippen LogP contribution >= 0.6 is 23.8 Å². The third-order valence-electron chi connectivity index (χ3n) is 4.95. The average molecular weight is 469 g/mol. The Labute approximate surface area is 194 Å². The molecule has 9 heteroatoms. The first-order valence-electron chi connectivity index (χ1n) is 9.78. The fourth-order valence-electron chi connectivity index (χ4n) is 3.45. The summed E-state index contributed by atoms with van der Waals surface area (Å²) >= 11 is 11.7. The number of hydrogen-bond acceptors (Lipinski definition) is 4. The first-order chi connectivity index (χ1) is 15.4. The number of pyridine rings is 1. The molecule has 2 amide bonds. The summed E-state index contributed by atoms with van der Waals surface area (Å²) in [6.07, 6.45) is 1.52. The monoisotopic (exact) mass is 468 g/mol. The minimum absolute atomic E-state index is 0.139. The van der Waals surface area contributed by atoms with Crippen LogP contribution in [-0.2, 0) is 16.1 Å². The van der Waals surface area contributed by atoms with Crippen molar-refractivity contribution in [2.24, 2.45) is 0 Å². The van der Waals surface area contributed by atoms with Gasteiger partial charge in [-0.25, -0.2) is 4.39 Å². The lowest BCUT2D eigenvalue weighted by molar-refractivity contribution is -0.124. The van der Waals surface area contributed by atoms with Gasteiger partial charge < -0.3 is 10.2 Å². The van der Waals surface area contributed by atoms with E-state index in [1.807, 2.05) is 12.1 Å². The number of aromatic nitrogens is 1. The molecule has 0 aliphatic carbocycles. The van der Waals surface area contributed by atoms with Gasteiger partial charge in [0.1, 0.15) is 11.9 Å². The zero-order valence-corrected chi connectivity index (χ0v) is 18.3. The molecule has 0 spiro atoms. The molecule has 1 fully saturated rings. The molecule has 162 valence electrons. The van der Waals surface area contributed by atoms with Gasteiger partial charge in [-0.15, -0.1) is 0 Å². The number of thiocarbonyl (C=S) groups is 1. The molecule has 6 nitrogen and oxygen atoms in total. The van der Waals surface area contributed by atoms with E-state index in [4.69, 9.17) is 23.8 Å². The molecular weight excluding hydrogens is 451 g/mol. The Morgan fingerprint density at radius 1 is 1.12 bits per heavy atom. The highest BCUT2D eigenvalue weighted by Gasteiger charge is 2.44. The van der Waals surface area contributed by atoms with Gasteiger partial charge in [0.15, 0.2) is 5.11 Å². The Hall–Kier alpha value is -3.36. The van der Waals surface area contributed by atoms with Crippen molar-refractivity contribution in [1.29, 1.82) is 0 Å². The molecule has 1 saturated heterocycles. The first kappa shape index (κ1) is 21.9. The van der Waals surface area contributed by atoms with Gasteiger partial charge in [-0.3, -0.25) is 19.5 Å². The third-order valence-corrected chi connectivity index (χ3v) is 5.60. The molecule has 1 aliphatic rings. The maximum Gasteiger partial charge on any atom is 0.256 e. The predicted molar refractivity (Wildman–Crippen MR) is 125 cm³/mol. The summed E-state index contributed by atoms with van der Waals surface area (Å²) in [6, 6.07) is 16.8. The summed E-state index contributed by atoms with van der Waals surface area (Å²) in [5.74, 6) is -1.13. The van der Waals surface area contributed by atoms with Crippen LogP contribution in [-0.4, -0.2) is 32.9 Å². The van der Waals surface area contributed by atoms with E-state index < -0.39 is 17.8 Å². The molecule has 1 N–H and O–H groups in total. The number of nitrogens with zero attached hydrogens (tertiary/aromatic N) is 3. The Balaban J connectivity index is 1.60. The van der Waals surface area contributed by atoms with Crippen LogP contribution in [0.3, 0.4) is 0 Å². The topological polar surface area (TPSA) is 65.5 Å². The van der Waals surface area contributed by atoms with Gasteiger partial charge >= 0.3 is 0 Å². The molecule has 1 aliphatic heterocycles. The number of halogens is 2. The van der Waals surface area contributed by atoms with E-state index in [9.17, 15) is 14.0 Å². The Morgan fingerprint density at radius 3 is 2.59 bits per heavy atom. The van der Waals surface area contributed by atoms with Crippen LogP contribution in [0.15, 0.2) is 72.9 Å². The highest BCUT2D eigenvalue weighted by molar-refractivity contribution is 7.80. The van der Waals surface area contributed by atoms with Crippen LogP contribution in [0.4, 0.5) is 15.8 Å². The van der Waals surface area contributed by atoms with E-state index in [0.29, 0.717) is 22.1 Å². The third kappa shape index (κ3) is 4.76. The van der Waals surface area contributed by atoms with E-state index in [1.165, 1.54) is 29.2 Å². The number of rotatable bonds is 6. The van der Waals surface area contributed by atoms with Crippen molar-refractivity contribution < 1.29 is 14.0 Å². The van der Waals surface area contributed by atoms with Gasteiger partial charge in [0, 0.05) is 16.9 Å². The van der Waals surface area contributed by atoms with Crippen LogP contribution in [0, 0.1) is 5.82 Å². The number of nitrogens with one attached hydrogen (secondary N) is 1. The van der Waals surface area contributed by atoms with Gasteiger partial charge in [-0.05, 0) is 66.8 Å². The van der Waals surface area contributed by atoms with Crippen LogP contribution in [0.2, 0.25) is 5.02 Å². The second-order valence-electron chi connectivity index (χ2n) is 7.16. The molecule has 2 aromatic carbocycles. The lowest BCUT2D eigenvalue weighted by atomic mass is 10.1. The normalized spacial score (nSPS) is 15.9. The summed E-state index contributed by atoms with van der Waals surface area (Å²) in [7, 11) is 0.